The van der Waals surface area contributed by atoms with Gasteiger partial charge in [-0.15, -0.1) is 0 Å². The molecule has 0 aliphatic rings. The summed E-state index contributed by atoms with van der Waals surface area (Å²) in [5, 5.41) is 9.98. The van der Waals surface area contributed by atoms with E-state index in [4.69, 9.17) is 0 Å². The molecule has 32 heavy (non-hydrogen) atoms. The molecule has 1 heterocycles. The van der Waals surface area contributed by atoms with Crippen molar-refractivity contribution in [2.24, 2.45) is 0 Å². The van der Waals surface area contributed by atoms with Crippen LogP contribution in [-0.4, -0.2) is 21.0 Å². The van der Waals surface area contributed by atoms with Gasteiger partial charge in [0.05, 0.1) is 0 Å². The lowest BCUT2D eigenvalue weighted by Gasteiger charge is -2.15. The molecule has 1 atom stereocenters. The number of rotatable bonds is 8. The number of para-hydroxylation sites is 1. The standard InChI is InChI=1S/C24H30N6.C2H6/c1-6-10-19-13-14-20(15-17(19)4)26-23-28-22(25-18(5)7-2)29-24(30-23)27-21-12-9-8-11-16(21)3;1-2/h6,8-15,18H,7H2,1-5H3,(H3,25,26,27,28,29,30);1-2H3. The van der Waals surface area contributed by atoms with Crippen molar-refractivity contribution in [3.63, 3.8) is 0 Å². The van der Waals surface area contributed by atoms with E-state index in [1.165, 1.54) is 11.1 Å². The maximum atomic E-state index is 4.59. The Labute approximate surface area is 192 Å². The van der Waals surface area contributed by atoms with Gasteiger partial charge in [0.15, 0.2) is 0 Å². The number of benzene rings is 2. The fraction of sp³-hybridized carbons (Fsp3) is 0.346. The maximum Gasteiger partial charge on any atom is 0.233 e. The number of nitrogens with zero attached hydrogens (tertiary/aromatic N) is 3. The number of aryl methyl sites for hydroxylation is 2. The second-order valence-corrected chi connectivity index (χ2v) is 7.40. The summed E-state index contributed by atoms with van der Waals surface area (Å²) < 4.78 is 0. The molecule has 0 aliphatic heterocycles. The van der Waals surface area contributed by atoms with Gasteiger partial charge in [-0.05, 0) is 69.0 Å². The molecule has 0 saturated heterocycles. The van der Waals surface area contributed by atoms with Gasteiger partial charge in [-0.1, -0.05) is 57.2 Å². The van der Waals surface area contributed by atoms with Crippen LogP contribution in [0.5, 0.6) is 0 Å². The number of allylic oxidation sites excluding steroid dienone is 1. The Balaban J connectivity index is 0.00000176. The number of anilines is 5. The normalized spacial score (nSPS) is 11.5. The van der Waals surface area contributed by atoms with Crippen molar-refractivity contribution < 1.29 is 0 Å². The highest BCUT2D eigenvalue weighted by Crippen LogP contribution is 2.23. The van der Waals surface area contributed by atoms with Crippen LogP contribution in [-0.2, 0) is 0 Å². The molecule has 3 aromatic rings. The number of nitrogens with one attached hydrogen (secondary N) is 3. The van der Waals surface area contributed by atoms with Gasteiger partial charge >= 0.3 is 0 Å². The van der Waals surface area contributed by atoms with Gasteiger partial charge in [0, 0.05) is 17.4 Å². The molecule has 0 bridgehead atoms. The topological polar surface area (TPSA) is 74.8 Å². The highest BCUT2D eigenvalue weighted by Gasteiger charge is 2.10. The Morgan fingerprint density at radius 2 is 1.53 bits per heavy atom. The first kappa shape index (κ1) is 24.9. The second kappa shape index (κ2) is 12.4. The van der Waals surface area contributed by atoms with Crippen LogP contribution in [0.15, 0.2) is 48.5 Å². The quantitative estimate of drug-likeness (QED) is 0.348. The van der Waals surface area contributed by atoms with E-state index in [0.717, 1.165) is 23.4 Å². The van der Waals surface area contributed by atoms with Crippen LogP contribution in [0.4, 0.5) is 29.2 Å². The summed E-state index contributed by atoms with van der Waals surface area (Å²) in [7, 11) is 0. The molecular weight excluding hydrogens is 396 g/mol. The smallest absolute Gasteiger partial charge is 0.233 e. The molecule has 170 valence electrons. The number of hydrogen-bond donors (Lipinski definition) is 3. The minimum atomic E-state index is 0.258. The first-order valence-electron chi connectivity index (χ1n) is 11.3. The van der Waals surface area contributed by atoms with E-state index in [1.807, 2.05) is 51.1 Å². The van der Waals surface area contributed by atoms with Crippen molar-refractivity contribution in [2.45, 2.75) is 60.9 Å². The summed E-state index contributed by atoms with van der Waals surface area (Å²) in [6.45, 7) is 14.4. The van der Waals surface area contributed by atoms with Gasteiger partial charge in [-0.3, -0.25) is 0 Å². The summed E-state index contributed by atoms with van der Waals surface area (Å²) in [6.07, 6.45) is 5.11. The van der Waals surface area contributed by atoms with Crippen molar-refractivity contribution in [3.05, 3.63) is 65.2 Å². The Hall–Kier alpha value is -3.41. The molecule has 6 heteroatoms. The van der Waals surface area contributed by atoms with E-state index in [9.17, 15) is 0 Å². The van der Waals surface area contributed by atoms with Crippen molar-refractivity contribution in [2.75, 3.05) is 16.0 Å². The summed E-state index contributed by atoms with van der Waals surface area (Å²) in [6, 6.07) is 14.5. The average molecular weight is 433 g/mol. The molecule has 0 radical (unpaired) electrons. The summed E-state index contributed by atoms with van der Waals surface area (Å²) >= 11 is 0. The van der Waals surface area contributed by atoms with Crippen molar-refractivity contribution in [1.82, 2.24) is 15.0 Å². The summed E-state index contributed by atoms with van der Waals surface area (Å²) in [5.74, 6) is 1.53. The third-order valence-electron chi connectivity index (χ3n) is 4.89. The predicted molar refractivity (Wildman–Crippen MR) is 138 cm³/mol. The number of hydrogen-bond acceptors (Lipinski definition) is 6. The van der Waals surface area contributed by atoms with Crippen molar-refractivity contribution in [3.8, 4) is 0 Å². The minimum absolute atomic E-state index is 0.258. The van der Waals surface area contributed by atoms with Crippen LogP contribution in [0.1, 0.15) is 57.7 Å². The SMILES string of the molecule is CC.CC=Cc1ccc(Nc2nc(Nc3ccccc3C)nc(NC(C)CC)n2)cc1C. The molecule has 3 rings (SSSR count). The van der Waals surface area contributed by atoms with Crippen molar-refractivity contribution >= 4 is 35.3 Å². The van der Waals surface area contributed by atoms with Crippen LogP contribution >= 0.6 is 0 Å². The van der Waals surface area contributed by atoms with Crippen LogP contribution in [0.2, 0.25) is 0 Å². The zero-order chi connectivity index (χ0) is 23.5. The third-order valence-corrected chi connectivity index (χ3v) is 4.89. The van der Waals surface area contributed by atoms with E-state index in [2.05, 4.69) is 82.9 Å². The van der Waals surface area contributed by atoms with Gasteiger partial charge in [-0.2, -0.15) is 15.0 Å². The van der Waals surface area contributed by atoms with E-state index in [-0.39, 0.29) is 6.04 Å². The molecule has 1 unspecified atom stereocenters. The van der Waals surface area contributed by atoms with E-state index >= 15 is 0 Å². The fourth-order valence-electron chi connectivity index (χ4n) is 2.96. The fourth-order valence-corrected chi connectivity index (χ4v) is 2.96. The average Bonchev–Trinajstić information content (AvgIpc) is 2.78. The Kier molecular flexibility index (Phi) is 9.67. The number of aromatic nitrogens is 3. The van der Waals surface area contributed by atoms with Crippen LogP contribution in [0.25, 0.3) is 6.08 Å². The minimum Gasteiger partial charge on any atom is -0.352 e. The van der Waals surface area contributed by atoms with Crippen LogP contribution in [0, 0.1) is 13.8 Å². The van der Waals surface area contributed by atoms with Gasteiger partial charge in [0.1, 0.15) is 0 Å². The lowest BCUT2D eigenvalue weighted by atomic mass is 10.1. The highest BCUT2D eigenvalue weighted by atomic mass is 15.3. The zero-order valence-corrected chi connectivity index (χ0v) is 20.3. The Morgan fingerprint density at radius 3 is 2.16 bits per heavy atom. The molecule has 2 aromatic carbocycles. The molecule has 3 N–H and O–H groups in total. The van der Waals surface area contributed by atoms with Crippen LogP contribution < -0.4 is 16.0 Å². The lowest BCUT2D eigenvalue weighted by Crippen LogP contribution is -2.17. The molecule has 0 amide bonds. The van der Waals surface area contributed by atoms with E-state index < -0.39 is 0 Å². The monoisotopic (exact) mass is 432 g/mol. The third kappa shape index (κ3) is 7.08. The molecule has 0 fully saturated rings. The predicted octanol–water partition coefficient (Wildman–Crippen LogP) is 7.25. The van der Waals surface area contributed by atoms with Gasteiger partial charge in [0.25, 0.3) is 0 Å². The molecular formula is C26H36N6. The van der Waals surface area contributed by atoms with E-state index in [1.54, 1.807) is 0 Å². The van der Waals surface area contributed by atoms with Gasteiger partial charge in [-0.25, -0.2) is 0 Å². The molecule has 1 aromatic heterocycles. The molecule has 6 nitrogen and oxygen atoms in total. The molecule has 0 spiro atoms. The van der Waals surface area contributed by atoms with Crippen molar-refractivity contribution in [1.29, 1.82) is 0 Å². The summed E-state index contributed by atoms with van der Waals surface area (Å²) in [5.41, 5.74) is 5.40. The highest BCUT2D eigenvalue weighted by molar-refractivity contribution is 5.64. The first-order chi connectivity index (χ1) is 15.5. The Morgan fingerprint density at radius 1 is 0.875 bits per heavy atom. The first-order valence-corrected chi connectivity index (χ1v) is 11.3. The molecule has 0 saturated carbocycles. The van der Waals surface area contributed by atoms with Crippen LogP contribution in [0.3, 0.4) is 0 Å². The maximum absolute atomic E-state index is 4.59. The van der Waals surface area contributed by atoms with Gasteiger partial charge < -0.3 is 16.0 Å². The second-order valence-electron chi connectivity index (χ2n) is 7.40. The van der Waals surface area contributed by atoms with Gasteiger partial charge in [0.2, 0.25) is 17.8 Å². The lowest BCUT2D eigenvalue weighted by molar-refractivity contribution is 0.751. The summed E-state index contributed by atoms with van der Waals surface area (Å²) in [4.78, 5) is 13.7. The van der Waals surface area contributed by atoms with E-state index in [0.29, 0.717) is 17.8 Å². The Bertz CT molecular complexity index is 1030. The largest absolute Gasteiger partial charge is 0.352 e. The zero-order valence-electron chi connectivity index (χ0n) is 20.3. The molecule has 0 aliphatic carbocycles.